The Kier molecular flexibility index (Phi) is 8.27. The molecule has 1 heterocycles. The van der Waals surface area contributed by atoms with Gasteiger partial charge in [-0.25, -0.2) is 0 Å². The molecule has 1 saturated heterocycles. The van der Waals surface area contributed by atoms with E-state index < -0.39 is 0 Å². The van der Waals surface area contributed by atoms with Gasteiger partial charge >= 0.3 is 0 Å². The molecule has 168 valence electrons. The van der Waals surface area contributed by atoms with Crippen molar-refractivity contribution in [3.05, 3.63) is 48.0 Å². The first-order chi connectivity index (χ1) is 15.2. The van der Waals surface area contributed by atoms with Crippen molar-refractivity contribution in [3.8, 4) is 17.2 Å². The van der Waals surface area contributed by atoms with Crippen LogP contribution in [0.25, 0.3) is 0 Å². The SMILES string of the molecule is CCOc1ccccc1CNC(=NC)NC1CCN(c2cc(OC)cc(OC)c2)CC1. The number of guanidine groups is 1. The molecule has 2 aromatic rings. The van der Waals surface area contributed by atoms with Crippen LogP contribution in [0.4, 0.5) is 5.69 Å². The number of hydrogen-bond donors (Lipinski definition) is 2. The number of rotatable bonds is 8. The van der Waals surface area contributed by atoms with Gasteiger partial charge in [0.2, 0.25) is 0 Å². The molecule has 0 aromatic heterocycles. The quantitative estimate of drug-likeness (QED) is 0.498. The van der Waals surface area contributed by atoms with Crippen molar-refractivity contribution in [2.45, 2.75) is 32.4 Å². The van der Waals surface area contributed by atoms with Crippen LogP contribution < -0.4 is 29.7 Å². The lowest BCUT2D eigenvalue weighted by Crippen LogP contribution is -2.48. The predicted molar refractivity (Wildman–Crippen MR) is 126 cm³/mol. The lowest BCUT2D eigenvalue weighted by molar-refractivity contribution is 0.336. The zero-order chi connectivity index (χ0) is 22.1. The highest BCUT2D eigenvalue weighted by molar-refractivity contribution is 5.80. The van der Waals surface area contributed by atoms with Crippen molar-refractivity contribution >= 4 is 11.6 Å². The number of ether oxygens (including phenoxy) is 3. The van der Waals surface area contributed by atoms with E-state index in [1.54, 1.807) is 21.3 Å². The third kappa shape index (κ3) is 6.20. The molecule has 0 unspecified atom stereocenters. The first-order valence-corrected chi connectivity index (χ1v) is 10.8. The Morgan fingerprint density at radius 2 is 1.74 bits per heavy atom. The summed E-state index contributed by atoms with van der Waals surface area (Å²) >= 11 is 0. The molecule has 0 saturated carbocycles. The van der Waals surface area contributed by atoms with Gasteiger partial charge in [-0.3, -0.25) is 4.99 Å². The lowest BCUT2D eigenvalue weighted by atomic mass is 10.0. The predicted octanol–water partition coefficient (Wildman–Crippen LogP) is 3.44. The molecule has 3 rings (SSSR count). The number of anilines is 1. The van der Waals surface area contributed by atoms with E-state index >= 15 is 0 Å². The molecule has 0 aliphatic carbocycles. The van der Waals surface area contributed by atoms with Crippen LogP contribution in [0.5, 0.6) is 17.2 Å². The number of piperidine rings is 1. The molecule has 1 aliphatic heterocycles. The van der Waals surface area contributed by atoms with Crippen molar-refractivity contribution in [2.75, 3.05) is 45.9 Å². The van der Waals surface area contributed by atoms with Crippen LogP contribution in [-0.4, -0.2) is 53.0 Å². The average Bonchev–Trinajstić information content (AvgIpc) is 2.82. The topological polar surface area (TPSA) is 67.4 Å². The van der Waals surface area contributed by atoms with Gasteiger partial charge < -0.3 is 29.7 Å². The molecule has 1 aliphatic rings. The fourth-order valence-electron chi connectivity index (χ4n) is 3.77. The zero-order valence-electron chi connectivity index (χ0n) is 19.0. The monoisotopic (exact) mass is 426 g/mol. The molecule has 1 fully saturated rings. The first-order valence-electron chi connectivity index (χ1n) is 10.8. The smallest absolute Gasteiger partial charge is 0.191 e. The molecule has 0 radical (unpaired) electrons. The Morgan fingerprint density at radius 1 is 1.06 bits per heavy atom. The van der Waals surface area contributed by atoms with Crippen LogP contribution >= 0.6 is 0 Å². The Bertz CT molecular complexity index is 841. The summed E-state index contributed by atoms with van der Waals surface area (Å²) in [5, 5.41) is 6.98. The minimum Gasteiger partial charge on any atom is -0.497 e. The van der Waals surface area contributed by atoms with Crippen molar-refractivity contribution in [1.82, 2.24) is 10.6 Å². The van der Waals surface area contributed by atoms with Crippen LogP contribution in [0.1, 0.15) is 25.3 Å². The maximum absolute atomic E-state index is 5.72. The van der Waals surface area contributed by atoms with E-state index in [0.717, 1.165) is 60.4 Å². The molecular formula is C24H34N4O3. The van der Waals surface area contributed by atoms with E-state index in [9.17, 15) is 0 Å². The molecule has 7 heteroatoms. The van der Waals surface area contributed by atoms with Crippen LogP contribution in [0.3, 0.4) is 0 Å². The Morgan fingerprint density at radius 3 is 2.35 bits per heavy atom. The van der Waals surface area contributed by atoms with E-state index in [1.807, 2.05) is 31.2 Å². The standard InChI is InChI=1S/C24H34N4O3/c1-5-31-23-9-7-6-8-18(23)17-26-24(25-2)27-19-10-12-28(13-11-19)20-14-21(29-3)16-22(15-20)30-4/h6-9,14-16,19H,5,10-13,17H2,1-4H3,(H2,25,26,27). The molecule has 0 amide bonds. The second-order valence-electron chi connectivity index (χ2n) is 7.44. The number of para-hydroxylation sites is 1. The minimum atomic E-state index is 0.372. The summed E-state index contributed by atoms with van der Waals surface area (Å²) in [5.74, 6) is 3.35. The van der Waals surface area contributed by atoms with E-state index in [1.165, 1.54) is 0 Å². The highest BCUT2D eigenvalue weighted by atomic mass is 16.5. The summed E-state index contributed by atoms with van der Waals surface area (Å²) in [6, 6.07) is 14.5. The van der Waals surface area contributed by atoms with Gasteiger partial charge in [0.1, 0.15) is 17.2 Å². The number of aliphatic imine (C=N–C) groups is 1. The van der Waals surface area contributed by atoms with Crippen LogP contribution in [0.2, 0.25) is 0 Å². The van der Waals surface area contributed by atoms with Gasteiger partial charge in [0.15, 0.2) is 5.96 Å². The van der Waals surface area contributed by atoms with Gasteiger partial charge in [-0.15, -0.1) is 0 Å². The second-order valence-corrected chi connectivity index (χ2v) is 7.44. The van der Waals surface area contributed by atoms with E-state index in [0.29, 0.717) is 19.2 Å². The number of nitrogens with one attached hydrogen (secondary N) is 2. The Labute approximate surface area is 185 Å². The molecular weight excluding hydrogens is 392 g/mol. The number of hydrogen-bond acceptors (Lipinski definition) is 5. The largest absolute Gasteiger partial charge is 0.497 e. The molecule has 0 atom stereocenters. The summed E-state index contributed by atoms with van der Waals surface area (Å²) in [4.78, 5) is 6.78. The van der Waals surface area contributed by atoms with Gasteiger partial charge in [0.25, 0.3) is 0 Å². The molecule has 7 nitrogen and oxygen atoms in total. The summed E-state index contributed by atoms with van der Waals surface area (Å²) < 4.78 is 16.5. The van der Waals surface area contributed by atoms with Gasteiger partial charge in [-0.05, 0) is 25.8 Å². The fourth-order valence-corrected chi connectivity index (χ4v) is 3.77. The molecule has 2 aromatic carbocycles. The lowest BCUT2D eigenvalue weighted by Gasteiger charge is -2.34. The van der Waals surface area contributed by atoms with E-state index in [2.05, 4.69) is 38.7 Å². The normalized spacial score (nSPS) is 14.8. The van der Waals surface area contributed by atoms with Gasteiger partial charge in [0.05, 0.1) is 20.8 Å². The number of nitrogens with zero attached hydrogens (tertiary/aromatic N) is 2. The zero-order valence-corrected chi connectivity index (χ0v) is 19.0. The third-order valence-electron chi connectivity index (χ3n) is 5.48. The summed E-state index contributed by atoms with van der Waals surface area (Å²) in [6.45, 7) is 5.23. The number of benzene rings is 2. The highest BCUT2D eigenvalue weighted by Crippen LogP contribution is 2.30. The van der Waals surface area contributed by atoms with Crippen LogP contribution in [-0.2, 0) is 6.54 Å². The minimum absolute atomic E-state index is 0.372. The van der Waals surface area contributed by atoms with Crippen molar-refractivity contribution in [1.29, 1.82) is 0 Å². The Balaban J connectivity index is 1.53. The molecule has 2 N–H and O–H groups in total. The van der Waals surface area contributed by atoms with Gasteiger partial charge in [0, 0.05) is 62.2 Å². The van der Waals surface area contributed by atoms with E-state index in [-0.39, 0.29) is 0 Å². The van der Waals surface area contributed by atoms with Gasteiger partial charge in [-0.1, -0.05) is 18.2 Å². The Hall–Kier alpha value is -3.09. The first kappa shape index (κ1) is 22.6. The fraction of sp³-hybridized carbons (Fsp3) is 0.458. The maximum atomic E-state index is 5.72. The van der Waals surface area contributed by atoms with Crippen LogP contribution in [0.15, 0.2) is 47.5 Å². The number of methoxy groups -OCH3 is 2. The van der Waals surface area contributed by atoms with Crippen LogP contribution in [0, 0.1) is 0 Å². The second kappa shape index (κ2) is 11.3. The van der Waals surface area contributed by atoms with Crippen molar-refractivity contribution in [2.24, 2.45) is 4.99 Å². The van der Waals surface area contributed by atoms with Crippen molar-refractivity contribution in [3.63, 3.8) is 0 Å². The molecule has 0 bridgehead atoms. The average molecular weight is 427 g/mol. The van der Waals surface area contributed by atoms with E-state index in [4.69, 9.17) is 14.2 Å². The van der Waals surface area contributed by atoms with Crippen molar-refractivity contribution < 1.29 is 14.2 Å². The summed E-state index contributed by atoms with van der Waals surface area (Å²) in [5.41, 5.74) is 2.25. The maximum Gasteiger partial charge on any atom is 0.191 e. The third-order valence-corrected chi connectivity index (χ3v) is 5.48. The molecule has 31 heavy (non-hydrogen) atoms. The summed E-state index contributed by atoms with van der Waals surface area (Å²) in [6.07, 6.45) is 2.05. The highest BCUT2D eigenvalue weighted by Gasteiger charge is 2.21. The van der Waals surface area contributed by atoms with Gasteiger partial charge in [-0.2, -0.15) is 0 Å². The molecule has 0 spiro atoms. The summed E-state index contributed by atoms with van der Waals surface area (Å²) in [7, 11) is 5.17.